The number of aliphatic hydroxyl groups is 1. The molecule has 0 saturated carbocycles. The lowest BCUT2D eigenvalue weighted by molar-refractivity contribution is 0.191. The van der Waals surface area contributed by atoms with Gasteiger partial charge in [-0.2, -0.15) is 0 Å². The Hall–Kier alpha value is -0.580. The van der Waals surface area contributed by atoms with Crippen LogP contribution in [0.15, 0.2) is 22.7 Å². The number of phenols is 1. The molecule has 4 heteroatoms. The van der Waals surface area contributed by atoms with Crippen LogP contribution >= 0.6 is 15.9 Å². The van der Waals surface area contributed by atoms with E-state index >= 15 is 0 Å². The summed E-state index contributed by atoms with van der Waals surface area (Å²) in [5, 5.41) is 21.5. The number of hydrogen-bond donors (Lipinski definition) is 3. The zero-order valence-corrected chi connectivity index (χ0v) is 9.58. The van der Waals surface area contributed by atoms with Crippen molar-refractivity contribution in [3.05, 3.63) is 28.2 Å². The second-order valence-electron chi connectivity index (χ2n) is 3.25. The smallest absolute Gasteiger partial charge is 0.120 e. The van der Waals surface area contributed by atoms with Crippen LogP contribution in [0.4, 0.5) is 0 Å². The summed E-state index contributed by atoms with van der Waals surface area (Å²) in [7, 11) is 0. The molecule has 1 atom stereocenters. The fourth-order valence-electron chi connectivity index (χ4n) is 1.11. The van der Waals surface area contributed by atoms with E-state index in [4.69, 9.17) is 5.11 Å². The van der Waals surface area contributed by atoms with Crippen LogP contribution < -0.4 is 5.32 Å². The molecule has 0 aliphatic carbocycles. The molecule has 0 saturated heterocycles. The predicted octanol–water partition coefficient (Wildman–Crippen LogP) is 1.63. The predicted molar refractivity (Wildman–Crippen MR) is 59.2 cm³/mol. The maximum Gasteiger partial charge on any atom is 0.120 e. The molecule has 0 fully saturated rings. The molecule has 0 aromatic heterocycles. The zero-order chi connectivity index (χ0) is 10.6. The summed E-state index contributed by atoms with van der Waals surface area (Å²) in [6.45, 7) is 2.79. The lowest BCUT2D eigenvalue weighted by Gasteiger charge is -2.08. The van der Waals surface area contributed by atoms with Crippen molar-refractivity contribution in [3.8, 4) is 5.75 Å². The Bertz CT molecular complexity index is 302. The van der Waals surface area contributed by atoms with Gasteiger partial charge in [0.25, 0.3) is 0 Å². The Labute approximate surface area is 91.9 Å². The number of benzene rings is 1. The van der Waals surface area contributed by atoms with E-state index in [1.807, 2.05) is 6.07 Å². The molecule has 14 heavy (non-hydrogen) atoms. The molecule has 3 nitrogen and oxygen atoms in total. The minimum Gasteiger partial charge on any atom is -0.508 e. The Morgan fingerprint density at radius 3 is 2.86 bits per heavy atom. The molecule has 0 heterocycles. The van der Waals surface area contributed by atoms with Crippen LogP contribution in [0, 0.1) is 0 Å². The van der Waals surface area contributed by atoms with Crippen LogP contribution in [-0.4, -0.2) is 22.9 Å². The third kappa shape index (κ3) is 3.65. The maximum absolute atomic E-state index is 9.48. The molecule has 3 N–H and O–H groups in total. The Kier molecular flexibility index (Phi) is 4.38. The van der Waals surface area contributed by atoms with Gasteiger partial charge in [0.15, 0.2) is 0 Å². The molecule has 0 spiro atoms. The SMILES string of the molecule is C[C@@H](O)CNCc1cc(Br)ccc1O. The number of hydrogen-bond acceptors (Lipinski definition) is 3. The number of rotatable bonds is 4. The van der Waals surface area contributed by atoms with E-state index in [2.05, 4.69) is 21.2 Å². The van der Waals surface area contributed by atoms with E-state index < -0.39 is 0 Å². The summed E-state index contributed by atoms with van der Waals surface area (Å²) in [6.07, 6.45) is -0.371. The van der Waals surface area contributed by atoms with Crippen molar-refractivity contribution < 1.29 is 10.2 Å². The van der Waals surface area contributed by atoms with Crippen molar-refractivity contribution >= 4 is 15.9 Å². The molecular weight excluding hydrogens is 246 g/mol. The third-order valence-corrected chi connectivity index (χ3v) is 2.29. The normalized spacial score (nSPS) is 12.8. The van der Waals surface area contributed by atoms with Gasteiger partial charge in [0.05, 0.1) is 6.10 Å². The standard InChI is InChI=1S/C10H14BrNO2/c1-7(13)5-12-6-8-4-9(11)2-3-10(8)14/h2-4,7,12-14H,5-6H2,1H3/t7-/m1/s1. The van der Waals surface area contributed by atoms with Gasteiger partial charge in [0.2, 0.25) is 0 Å². The average Bonchev–Trinajstić information content (AvgIpc) is 2.10. The number of aromatic hydroxyl groups is 1. The van der Waals surface area contributed by atoms with Crippen molar-refractivity contribution in [3.63, 3.8) is 0 Å². The molecule has 1 rings (SSSR count). The Balaban J connectivity index is 2.53. The molecular formula is C10H14BrNO2. The first kappa shape index (κ1) is 11.5. The first-order chi connectivity index (χ1) is 6.59. The quantitative estimate of drug-likeness (QED) is 0.771. The number of phenolic OH excluding ortho intramolecular Hbond substituents is 1. The average molecular weight is 260 g/mol. The molecule has 1 aromatic rings. The fourth-order valence-corrected chi connectivity index (χ4v) is 1.52. The van der Waals surface area contributed by atoms with Crippen LogP contribution in [0.2, 0.25) is 0 Å². The fraction of sp³-hybridized carbons (Fsp3) is 0.400. The number of halogens is 1. The van der Waals surface area contributed by atoms with E-state index in [0.29, 0.717) is 13.1 Å². The third-order valence-electron chi connectivity index (χ3n) is 1.80. The van der Waals surface area contributed by atoms with Gasteiger partial charge in [-0.1, -0.05) is 15.9 Å². The van der Waals surface area contributed by atoms with E-state index in [1.165, 1.54) is 0 Å². The minimum absolute atomic E-state index is 0.270. The lowest BCUT2D eigenvalue weighted by Crippen LogP contribution is -2.23. The van der Waals surface area contributed by atoms with Gasteiger partial charge >= 0.3 is 0 Å². The van der Waals surface area contributed by atoms with E-state index in [9.17, 15) is 5.11 Å². The van der Waals surface area contributed by atoms with E-state index in [0.717, 1.165) is 10.0 Å². The van der Waals surface area contributed by atoms with Crippen LogP contribution in [0.5, 0.6) is 5.75 Å². The molecule has 0 amide bonds. The molecule has 0 radical (unpaired) electrons. The summed E-state index contributed by atoms with van der Waals surface area (Å²) < 4.78 is 0.934. The van der Waals surface area contributed by atoms with E-state index in [-0.39, 0.29) is 11.9 Å². The van der Waals surface area contributed by atoms with Gasteiger partial charge in [-0.15, -0.1) is 0 Å². The highest BCUT2D eigenvalue weighted by atomic mass is 79.9. The topological polar surface area (TPSA) is 52.5 Å². The van der Waals surface area contributed by atoms with Crippen molar-refractivity contribution in [1.29, 1.82) is 0 Å². The van der Waals surface area contributed by atoms with E-state index in [1.54, 1.807) is 19.1 Å². The Morgan fingerprint density at radius 1 is 1.50 bits per heavy atom. The second-order valence-corrected chi connectivity index (χ2v) is 4.17. The van der Waals surface area contributed by atoms with Crippen molar-refractivity contribution in [1.82, 2.24) is 5.32 Å². The monoisotopic (exact) mass is 259 g/mol. The highest BCUT2D eigenvalue weighted by molar-refractivity contribution is 9.10. The molecule has 0 unspecified atom stereocenters. The molecule has 0 aliphatic heterocycles. The van der Waals surface area contributed by atoms with Crippen molar-refractivity contribution in [2.45, 2.75) is 19.6 Å². The summed E-state index contributed by atoms with van der Waals surface area (Å²) in [5.74, 6) is 0.270. The minimum atomic E-state index is -0.371. The highest BCUT2D eigenvalue weighted by Gasteiger charge is 2.02. The zero-order valence-electron chi connectivity index (χ0n) is 8.00. The largest absolute Gasteiger partial charge is 0.508 e. The molecule has 1 aromatic carbocycles. The van der Waals surface area contributed by atoms with Crippen LogP contribution in [0.3, 0.4) is 0 Å². The molecule has 0 bridgehead atoms. The van der Waals surface area contributed by atoms with Gasteiger partial charge in [0.1, 0.15) is 5.75 Å². The second kappa shape index (κ2) is 5.34. The summed E-state index contributed by atoms with van der Waals surface area (Å²) >= 11 is 3.33. The molecule has 0 aliphatic rings. The lowest BCUT2D eigenvalue weighted by atomic mass is 10.2. The van der Waals surface area contributed by atoms with Crippen LogP contribution in [0.25, 0.3) is 0 Å². The summed E-state index contributed by atoms with van der Waals surface area (Å²) in [4.78, 5) is 0. The van der Waals surface area contributed by atoms with Gasteiger partial charge in [-0.25, -0.2) is 0 Å². The van der Waals surface area contributed by atoms with Gasteiger partial charge in [-0.05, 0) is 25.1 Å². The van der Waals surface area contributed by atoms with Gasteiger partial charge in [0, 0.05) is 23.1 Å². The first-order valence-electron chi connectivity index (χ1n) is 4.46. The number of nitrogens with one attached hydrogen (secondary N) is 1. The van der Waals surface area contributed by atoms with Crippen molar-refractivity contribution in [2.75, 3.05) is 6.54 Å². The maximum atomic E-state index is 9.48. The number of aliphatic hydroxyl groups excluding tert-OH is 1. The summed E-state index contributed by atoms with van der Waals surface area (Å²) in [6, 6.07) is 5.28. The van der Waals surface area contributed by atoms with Crippen LogP contribution in [-0.2, 0) is 6.54 Å². The first-order valence-corrected chi connectivity index (χ1v) is 5.25. The van der Waals surface area contributed by atoms with Crippen molar-refractivity contribution in [2.24, 2.45) is 0 Å². The Morgan fingerprint density at radius 2 is 2.21 bits per heavy atom. The summed E-state index contributed by atoms with van der Waals surface area (Å²) in [5.41, 5.74) is 0.819. The van der Waals surface area contributed by atoms with Crippen LogP contribution in [0.1, 0.15) is 12.5 Å². The van der Waals surface area contributed by atoms with Gasteiger partial charge < -0.3 is 15.5 Å². The molecule has 78 valence electrons. The highest BCUT2D eigenvalue weighted by Crippen LogP contribution is 2.21. The van der Waals surface area contributed by atoms with Gasteiger partial charge in [-0.3, -0.25) is 0 Å².